The molecular weight excluding hydrogens is 352 g/mol. The van der Waals surface area contributed by atoms with Gasteiger partial charge in [0.1, 0.15) is 12.0 Å². The number of nitrogens with zero attached hydrogens (tertiary/aromatic N) is 5. The molecule has 1 fully saturated rings. The summed E-state index contributed by atoms with van der Waals surface area (Å²) in [4.78, 5) is 13.0. The number of hydrogen-bond acceptors (Lipinski definition) is 7. The van der Waals surface area contributed by atoms with E-state index in [0.29, 0.717) is 27.6 Å². The Morgan fingerprint density at radius 1 is 1.41 bits per heavy atom. The van der Waals surface area contributed by atoms with Gasteiger partial charge in [0.05, 0.1) is 10.7 Å². The zero-order valence-corrected chi connectivity index (χ0v) is 13.2. The third-order valence-electron chi connectivity index (χ3n) is 3.63. The summed E-state index contributed by atoms with van der Waals surface area (Å²) in [5.41, 5.74) is 7.11. The van der Waals surface area contributed by atoms with Crippen molar-refractivity contribution in [2.45, 2.75) is 12.8 Å². The monoisotopic (exact) mass is 364 g/mol. The minimum absolute atomic E-state index is 0.243. The summed E-state index contributed by atoms with van der Waals surface area (Å²) in [7, 11) is 0. The van der Waals surface area contributed by atoms with Gasteiger partial charge in [-0.05, 0) is 28.3 Å². The summed E-state index contributed by atoms with van der Waals surface area (Å²) in [6.07, 6.45) is 4.84. The van der Waals surface area contributed by atoms with Crippen LogP contribution in [0.5, 0.6) is 0 Å². The van der Waals surface area contributed by atoms with Gasteiger partial charge in [-0.3, -0.25) is 0 Å². The van der Waals surface area contributed by atoms with Gasteiger partial charge in [-0.2, -0.15) is 4.52 Å². The first-order valence-electron chi connectivity index (χ1n) is 6.90. The fourth-order valence-electron chi connectivity index (χ4n) is 2.54. The van der Waals surface area contributed by atoms with E-state index >= 15 is 0 Å². The lowest BCUT2D eigenvalue weighted by atomic mass is 10.1. The van der Waals surface area contributed by atoms with Gasteiger partial charge in [-0.15, -0.1) is 5.10 Å². The highest BCUT2D eigenvalue weighted by atomic mass is 79.9. The van der Waals surface area contributed by atoms with Crippen molar-refractivity contribution in [3.63, 3.8) is 0 Å². The molecule has 0 saturated carbocycles. The molecule has 0 amide bonds. The molecule has 1 saturated heterocycles. The number of halogens is 1. The Labute approximate surface area is 133 Å². The summed E-state index contributed by atoms with van der Waals surface area (Å²) in [5.74, 6) is 1.81. The zero-order chi connectivity index (χ0) is 15.1. The van der Waals surface area contributed by atoms with Crippen molar-refractivity contribution in [2.75, 3.05) is 18.9 Å². The maximum atomic E-state index is 5.99. The predicted molar refractivity (Wildman–Crippen MR) is 81.0 cm³/mol. The minimum Gasteiger partial charge on any atom is -0.443 e. The van der Waals surface area contributed by atoms with E-state index in [2.05, 4.69) is 36.0 Å². The van der Waals surface area contributed by atoms with Crippen molar-refractivity contribution in [1.29, 1.82) is 0 Å². The van der Waals surface area contributed by atoms with E-state index in [9.17, 15) is 0 Å². The molecule has 3 aromatic heterocycles. The maximum absolute atomic E-state index is 5.99. The molecule has 0 radical (unpaired) electrons. The number of ether oxygens (including phenoxy) is 1. The van der Waals surface area contributed by atoms with Gasteiger partial charge in [0.15, 0.2) is 11.5 Å². The molecule has 8 nitrogen and oxygen atoms in total. The van der Waals surface area contributed by atoms with Crippen molar-refractivity contribution < 1.29 is 9.15 Å². The predicted octanol–water partition coefficient (Wildman–Crippen LogP) is 1.70. The number of rotatable bonds is 3. The quantitative estimate of drug-likeness (QED) is 0.753. The second-order valence-corrected chi connectivity index (χ2v) is 5.96. The lowest BCUT2D eigenvalue weighted by Gasteiger charge is -2.03. The van der Waals surface area contributed by atoms with Crippen LogP contribution in [0.4, 0.5) is 5.95 Å². The van der Waals surface area contributed by atoms with Crippen LogP contribution in [-0.2, 0) is 11.2 Å². The van der Waals surface area contributed by atoms with E-state index < -0.39 is 0 Å². The molecule has 0 bridgehead atoms. The first-order chi connectivity index (χ1) is 10.7. The number of aromatic nitrogens is 5. The Hall–Kier alpha value is -2.00. The van der Waals surface area contributed by atoms with E-state index in [0.717, 1.165) is 31.9 Å². The Kier molecular flexibility index (Phi) is 3.30. The molecule has 0 aromatic carbocycles. The zero-order valence-electron chi connectivity index (χ0n) is 11.6. The van der Waals surface area contributed by atoms with E-state index in [1.54, 1.807) is 6.20 Å². The van der Waals surface area contributed by atoms with Gasteiger partial charge in [-0.25, -0.2) is 15.0 Å². The molecule has 9 heteroatoms. The van der Waals surface area contributed by atoms with E-state index in [1.807, 2.05) is 0 Å². The van der Waals surface area contributed by atoms with Gasteiger partial charge in [0.2, 0.25) is 11.8 Å². The number of anilines is 1. The third kappa shape index (κ3) is 2.26. The molecule has 4 rings (SSSR count). The van der Waals surface area contributed by atoms with Crippen LogP contribution in [0.25, 0.3) is 17.2 Å². The van der Waals surface area contributed by atoms with Crippen LogP contribution < -0.4 is 5.73 Å². The van der Waals surface area contributed by atoms with Crippen LogP contribution >= 0.6 is 15.9 Å². The minimum atomic E-state index is 0.243. The summed E-state index contributed by atoms with van der Waals surface area (Å²) in [6.45, 7) is 1.56. The molecule has 1 aliphatic rings. The maximum Gasteiger partial charge on any atom is 0.246 e. The fraction of sp³-hybridized carbons (Fsp3) is 0.385. The normalized spacial score (nSPS) is 18.3. The standard InChI is InChI=1S/C13H13BrN6O2/c14-9-10(12-16-2-4-22-12)18-13(15)20-11(9)17-8(19-20)5-7-1-3-21-6-7/h2,4,7H,1,3,5-6H2,(H2,15,18). The Morgan fingerprint density at radius 2 is 2.32 bits per heavy atom. The van der Waals surface area contributed by atoms with Crippen LogP contribution in [0.1, 0.15) is 12.2 Å². The first kappa shape index (κ1) is 13.6. The van der Waals surface area contributed by atoms with Gasteiger partial charge < -0.3 is 14.9 Å². The van der Waals surface area contributed by atoms with Crippen LogP contribution in [0.15, 0.2) is 21.3 Å². The van der Waals surface area contributed by atoms with Crippen LogP contribution in [0.2, 0.25) is 0 Å². The Morgan fingerprint density at radius 3 is 3.05 bits per heavy atom. The highest BCUT2D eigenvalue weighted by Crippen LogP contribution is 2.30. The summed E-state index contributed by atoms with van der Waals surface area (Å²) in [6, 6.07) is 0. The van der Waals surface area contributed by atoms with Crippen molar-refractivity contribution in [1.82, 2.24) is 24.6 Å². The summed E-state index contributed by atoms with van der Waals surface area (Å²) in [5, 5.41) is 4.44. The molecule has 3 aromatic rings. The van der Waals surface area contributed by atoms with Gasteiger partial charge in [0, 0.05) is 19.6 Å². The molecular formula is C13H13BrN6O2. The van der Waals surface area contributed by atoms with Crippen LogP contribution in [0.3, 0.4) is 0 Å². The van der Waals surface area contributed by atoms with Gasteiger partial charge in [-0.1, -0.05) is 0 Å². The average Bonchev–Trinajstić information content (AvgIpc) is 3.23. The fourth-order valence-corrected chi connectivity index (χ4v) is 3.06. The molecule has 1 aliphatic heterocycles. The Balaban J connectivity index is 1.78. The average molecular weight is 365 g/mol. The Bertz CT molecular complexity index is 810. The molecule has 114 valence electrons. The van der Waals surface area contributed by atoms with E-state index in [4.69, 9.17) is 14.9 Å². The van der Waals surface area contributed by atoms with Crippen molar-refractivity contribution in [3.8, 4) is 11.6 Å². The van der Waals surface area contributed by atoms with Crippen molar-refractivity contribution in [2.24, 2.45) is 5.92 Å². The van der Waals surface area contributed by atoms with E-state index in [-0.39, 0.29) is 5.95 Å². The van der Waals surface area contributed by atoms with Gasteiger partial charge >= 0.3 is 0 Å². The molecule has 22 heavy (non-hydrogen) atoms. The number of nitrogen functional groups attached to an aromatic ring is 1. The van der Waals surface area contributed by atoms with Crippen molar-refractivity contribution >= 4 is 27.5 Å². The second kappa shape index (κ2) is 5.33. The molecule has 0 aliphatic carbocycles. The smallest absolute Gasteiger partial charge is 0.246 e. The lowest BCUT2D eigenvalue weighted by molar-refractivity contribution is 0.185. The van der Waals surface area contributed by atoms with Gasteiger partial charge in [0.25, 0.3) is 0 Å². The largest absolute Gasteiger partial charge is 0.443 e. The molecule has 4 heterocycles. The molecule has 2 N–H and O–H groups in total. The third-order valence-corrected chi connectivity index (χ3v) is 4.36. The highest BCUT2D eigenvalue weighted by Gasteiger charge is 2.22. The summed E-state index contributed by atoms with van der Waals surface area (Å²) >= 11 is 3.50. The highest BCUT2D eigenvalue weighted by molar-refractivity contribution is 9.10. The number of nitrogens with two attached hydrogens (primary N) is 1. The number of hydrogen-bond donors (Lipinski definition) is 1. The van der Waals surface area contributed by atoms with Crippen molar-refractivity contribution in [3.05, 3.63) is 22.8 Å². The molecule has 0 spiro atoms. The second-order valence-electron chi connectivity index (χ2n) is 5.17. The molecule has 1 atom stereocenters. The van der Waals surface area contributed by atoms with E-state index in [1.165, 1.54) is 10.8 Å². The lowest BCUT2D eigenvalue weighted by Crippen LogP contribution is -2.06. The SMILES string of the molecule is Nc1nc(-c2ncco2)c(Br)c2nc(CC3CCOC3)nn12. The number of fused-ring (bicyclic) bond motifs is 1. The van der Waals surface area contributed by atoms with Crippen LogP contribution in [-0.4, -0.2) is 37.8 Å². The molecule has 1 unspecified atom stereocenters. The topological polar surface area (TPSA) is 104 Å². The van der Waals surface area contributed by atoms with Crippen LogP contribution in [0, 0.1) is 5.92 Å². The summed E-state index contributed by atoms with van der Waals surface area (Å²) < 4.78 is 12.9. The first-order valence-corrected chi connectivity index (χ1v) is 7.70. The number of oxazole rings is 1.